The molecule has 1 aliphatic rings. The summed E-state index contributed by atoms with van der Waals surface area (Å²) in [6, 6.07) is 0.0552. The number of sulfone groups is 1. The molecule has 1 heterocycles. The van der Waals surface area contributed by atoms with Gasteiger partial charge in [0.25, 0.3) is 0 Å². The molecule has 19 heavy (non-hydrogen) atoms. The van der Waals surface area contributed by atoms with Crippen molar-refractivity contribution in [2.75, 3.05) is 31.3 Å². The van der Waals surface area contributed by atoms with Crippen molar-refractivity contribution < 1.29 is 13.2 Å². The summed E-state index contributed by atoms with van der Waals surface area (Å²) in [5.41, 5.74) is 0. The Labute approximate surface area is 118 Å². The molecule has 0 aromatic rings. The number of hydrogen-bond donors (Lipinski definition) is 1. The molecule has 0 spiro atoms. The SMILES string of the molecule is CCCNC(CS(=O)(=O)CCC(C)C)C1CCOC1. The Kier molecular flexibility index (Phi) is 7.32. The van der Waals surface area contributed by atoms with E-state index in [9.17, 15) is 8.42 Å². The van der Waals surface area contributed by atoms with Gasteiger partial charge in [0.2, 0.25) is 0 Å². The highest BCUT2D eigenvalue weighted by atomic mass is 32.2. The van der Waals surface area contributed by atoms with Crippen LogP contribution in [0.1, 0.15) is 40.0 Å². The van der Waals surface area contributed by atoms with Crippen molar-refractivity contribution in [3.05, 3.63) is 0 Å². The van der Waals surface area contributed by atoms with Crippen LogP contribution in [0.15, 0.2) is 0 Å². The zero-order valence-corrected chi connectivity index (χ0v) is 13.3. The van der Waals surface area contributed by atoms with E-state index < -0.39 is 9.84 Å². The second-order valence-corrected chi connectivity index (χ2v) is 8.21. The highest BCUT2D eigenvalue weighted by molar-refractivity contribution is 7.91. The highest BCUT2D eigenvalue weighted by Crippen LogP contribution is 2.19. The van der Waals surface area contributed by atoms with Crippen LogP contribution in [-0.2, 0) is 14.6 Å². The minimum absolute atomic E-state index is 0.0552. The van der Waals surface area contributed by atoms with Gasteiger partial charge >= 0.3 is 0 Å². The van der Waals surface area contributed by atoms with Crippen LogP contribution in [-0.4, -0.2) is 45.7 Å². The summed E-state index contributed by atoms with van der Waals surface area (Å²) < 4.78 is 29.8. The summed E-state index contributed by atoms with van der Waals surface area (Å²) in [5.74, 6) is 1.35. The molecule has 114 valence electrons. The van der Waals surface area contributed by atoms with Gasteiger partial charge in [0.1, 0.15) is 0 Å². The van der Waals surface area contributed by atoms with Gasteiger partial charge in [-0.05, 0) is 31.7 Å². The summed E-state index contributed by atoms with van der Waals surface area (Å²) in [6.45, 7) is 8.56. The van der Waals surface area contributed by atoms with Gasteiger partial charge in [-0.2, -0.15) is 0 Å². The predicted octanol–water partition coefficient (Wildman–Crippen LogP) is 1.85. The predicted molar refractivity (Wildman–Crippen MR) is 79.1 cm³/mol. The van der Waals surface area contributed by atoms with Crippen LogP contribution in [0.4, 0.5) is 0 Å². The molecule has 0 aliphatic carbocycles. The molecule has 4 nitrogen and oxygen atoms in total. The van der Waals surface area contributed by atoms with E-state index in [1.807, 2.05) is 0 Å². The second kappa shape index (κ2) is 8.22. The van der Waals surface area contributed by atoms with Crippen LogP contribution >= 0.6 is 0 Å². The maximum atomic E-state index is 12.2. The minimum Gasteiger partial charge on any atom is -0.381 e. The molecule has 0 radical (unpaired) electrons. The molecule has 1 N–H and O–H groups in total. The van der Waals surface area contributed by atoms with Crippen LogP contribution < -0.4 is 5.32 Å². The van der Waals surface area contributed by atoms with Crippen molar-refractivity contribution >= 4 is 9.84 Å². The molecule has 1 rings (SSSR count). The molecule has 2 atom stereocenters. The lowest BCUT2D eigenvalue weighted by molar-refractivity contribution is 0.178. The summed E-state index contributed by atoms with van der Waals surface area (Å²) in [4.78, 5) is 0. The lowest BCUT2D eigenvalue weighted by Crippen LogP contribution is -2.43. The lowest BCUT2D eigenvalue weighted by atomic mass is 10.0. The van der Waals surface area contributed by atoms with Crippen LogP contribution in [0.5, 0.6) is 0 Å². The molecule has 1 saturated heterocycles. The quantitative estimate of drug-likeness (QED) is 0.704. The maximum Gasteiger partial charge on any atom is 0.151 e. The molecule has 1 fully saturated rings. The van der Waals surface area contributed by atoms with Crippen LogP contribution in [0.2, 0.25) is 0 Å². The van der Waals surface area contributed by atoms with Gasteiger partial charge in [-0.3, -0.25) is 0 Å². The molecule has 0 saturated carbocycles. The van der Waals surface area contributed by atoms with Gasteiger partial charge in [0.15, 0.2) is 9.84 Å². The van der Waals surface area contributed by atoms with E-state index in [1.54, 1.807) is 0 Å². The zero-order chi connectivity index (χ0) is 14.3. The van der Waals surface area contributed by atoms with Crippen molar-refractivity contribution in [2.45, 2.75) is 46.1 Å². The van der Waals surface area contributed by atoms with Gasteiger partial charge in [-0.15, -0.1) is 0 Å². The van der Waals surface area contributed by atoms with E-state index in [1.165, 1.54) is 0 Å². The molecule has 5 heteroatoms. The highest BCUT2D eigenvalue weighted by Gasteiger charge is 2.29. The standard InChI is InChI=1S/C14H29NO3S/c1-4-7-15-14(13-5-8-18-10-13)11-19(16,17)9-6-12(2)3/h12-15H,4-11H2,1-3H3. The largest absolute Gasteiger partial charge is 0.381 e. The number of hydrogen-bond acceptors (Lipinski definition) is 4. The molecular formula is C14H29NO3S. The smallest absolute Gasteiger partial charge is 0.151 e. The number of ether oxygens (including phenoxy) is 1. The average Bonchev–Trinajstić information content (AvgIpc) is 2.86. The third-order valence-corrected chi connectivity index (χ3v) is 5.35. The van der Waals surface area contributed by atoms with Crippen molar-refractivity contribution in [1.82, 2.24) is 5.32 Å². The van der Waals surface area contributed by atoms with Crippen LogP contribution in [0.3, 0.4) is 0 Å². The van der Waals surface area contributed by atoms with Gasteiger partial charge < -0.3 is 10.1 Å². The zero-order valence-electron chi connectivity index (χ0n) is 12.5. The Morgan fingerprint density at radius 2 is 2.11 bits per heavy atom. The molecular weight excluding hydrogens is 262 g/mol. The minimum atomic E-state index is -2.96. The van der Waals surface area contributed by atoms with Gasteiger partial charge in [0, 0.05) is 18.6 Å². The van der Waals surface area contributed by atoms with Crippen molar-refractivity contribution in [3.8, 4) is 0 Å². The van der Waals surface area contributed by atoms with Gasteiger partial charge in [-0.25, -0.2) is 8.42 Å². The molecule has 0 bridgehead atoms. The molecule has 0 aromatic heterocycles. The average molecular weight is 291 g/mol. The first-order valence-corrected chi connectivity index (χ1v) is 9.28. The summed E-state index contributed by atoms with van der Waals surface area (Å²) in [7, 11) is -2.96. The Hall–Kier alpha value is -0.130. The normalized spacial score (nSPS) is 22.0. The molecule has 2 unspecified atom stereocenters. The second-order valence-electron chi connectivity index (χ2n) is 5.98. The van der Waals surface area contributed by atoms with Crippen molar-refractivity contribution in [3.63, 3.8) is 0 Å². The van der Waals surface area contributed by atoms with E-state index in [0.717, 1.165) is 32.4 Å². The summed E-state index contributed by atoms with van der Waals surface area (Å²) in [5, 5.41) is 3.40. The van der Waals surface area contributed by atoms with E-state index >= 15 is 0 Å². The van der Waals surface area contributed by atoms with Crippen molar-refractivity contribution in [1.29, 1.82) is 0 Å². The monoisotopic (exact) mass is 291 g/mol. The van der Waals surface area contributed by atoms with E-state index in [0.29, 0.717) is 24.2 Å². The molecule has 1 aliphatic heterocycles. The third-order valence-electron chi connectivity index (χ3n) is 3.63. The van der Waals surface area contributed by atoms with Crippen LogP contribution in [0.25, 0.3) is 0 Å². The number of nitrogens with one attached hydrogen (secondary N) is 1. The van der Waals surface area contributed by atoms with Crippen LogP contribution in [0, 0.1) is 11.8 Å². The fourth-order valence-electron chi connectivity index (χ4n) is 2.33. The van der Waals surface area contributed by atoms with Crippen molar-refractivity contribution in [2.24, 2.45) is 11.8 Å². The molecule has 0 amide bonds. The topological polar surface area (TPSA) is 55.4 Å². The Morgan fingerprint density at radius 3 is 2.63 bits per heavy atom. The molecule has 0 aromatic carbocycles. The van der Waals surface area contributed by atoms with Gasteiger partial charge in [-0.1, -0.05) is 20.8 Å². The Balaban J connectivity index is 2.54. The Bertz CT molecular complexity index is 335. The summed E-state index contributed by atoms with van der Waals surface area (Å²) >= 11 is 0. The first-order valence-electron chi connectivity index (χ1n) is 7.46. The number of rotatable bonds is 9. The first kappa shape index (κ1) is 16.9. The first-order chi connectivity index (χ1) is 8.94. The van der Waals surface area contributed by atoms with E-state index in [-0.39, 0.29) is 11.8 Å². The summed E-state index contributed by atoms with van der Waals surface area (Å²) in [6.07, 6.45) is 2.75. The fraction of sp³-hybridized carbons (Fsp3) is 1.00. The van der Waals surface area contributed by atoms with E-state index in [2.05, 4.69) is 26.1 Å². The third kappa shape index (κ3) is 6.72. The Morgan fingerprint density at radius 1 is 1.37 bits per heavy atom. The van der Waals surface area contributed by atoms with Gasteiger partial charge in [0.05, 0.1) is 18.1 Å². The lowest BCUT2D eigenvalue weighted by Gasteiger charge is -2.23. The fourth-order valence-corrected chi connectivity index (χ4v) is 4.27. The maximum absolute atomic E-state index is 12.2. The van der Waals surface area contributed by atoms with E-state index in [4.69, 9.17) is 4.74 Å².